The molecule has 33 heavy (non-hydrogen) atoms. The second-order valence-corrected chi connectivity index (χ2v) is 7.98. The molecule has 1 aliphatic rings. The highest BCUT2D eigenvalue weighted by Crippen LogP contribution is 2.17. The van der Waals surface area contributed by atoms with Gasteiger partial charge in [-0.25, -0.2) is 0 Å². The van der Waals surface area contributed by atoms with Gasteiger partial charge in [-0.1, -0.05) is 30.3 Å². The van der Waals surface area contributed by atoms with E-state index in [1.165, 1.54) is 5.56 Å². The summed E-state index contributed by atoms with van der Waals surface area (Å²) in [5, 5.41) is 4.39. The molecule has 0 spiro atoms. The second kappa shape index (κ2) is 11.3. The number of aromatic nitrogens is 2. The van der Waals surface area contributed by atoms with Gasteiger partial charge in [-0.2, -0.15) is 5.10 Å². The molecule has 0 radical (unpaired) electrons. The first kappa shape index (κ1) is 22.6. The molecule has 4 rings (SSSR count). The number of hydrogen-bond donors (Lipinski definition) is 0. The zero-order chi connectivity index (χ0) is 22.9. The third-order valence-corrected chi connectivity index (χ3v) is 5.68. The van der Waals surface area contributed by atoms with Crippen LogP contribution in [0.4, 0.5) is 0 Å². The molecule has 1 aromatic heterocycles. The van der Waals surface area contributed by atoms with Crippen LogP contribution in [0.2, 0.25) is 0 Å². The molecule has 1 saturated heterocycles. The number of ether oxygens (including phenoxy) is 2. The molecule has 7 nitrogen and oxygen atoms in total. The summed E-state index contributed by atoms with van der Waals surface area (Å²) in [7, 11) is 1.65. The zero-order valence-corrected chi connectivity index (χ0v) is 19.0. The maximum Gasteiger partial charge on any atom is 0.246 e. The van der Waals surface area contributed by atoms with Crippen LogP contribution in [-0.4, -0.2) is 71.9 Å². The lowest BCUT2D eigenvalue weighted by Crippen LogP contribution is -2.49. The monoisotopic (exact) mass is 446 g/mol. The Morgan fingerprint density at radius 3 is 2.45 bits per heavy atom. The lowest BCUT2D eigenvalue weighted by atomic mass is 10.2. The summed E-state index contributed by atoms with van der Waals surface area (Å²) in [4.78, 5) is 16.8. The molecule has 2 aromatic carbocycles. The van der Waals surface area contributed by atoms with Crippen molar-refractivity contribution in [2.75, 3.05) is 46.4 Å². The van der Waals surface area contributed by atoms with Crippen molar-refractivity contribution >= 4 is 12.0 Å². The van der Waals surface area contributed by atoms with Crippen LogP contribution in [0, 0.1) is 0 Å². The Balaban J connectivity index is 1.17. The summed E-state index contributed by atoms with van der Waals surface area (Å²) in [6.07, 6.45) is 7.23. The van der Waals surface area contributed by atoms with Crippen molar-refractivity contribution in [3.63, 3.8) is 0 Å². The number of hydrogen-bond acceptors (Lipinski definition) is 5. The number of rotatable bonds is 9. The minimum atomic E-state index is 0.0416. The molecule has 0 bridgehead atoms. The molecule has 0 saturated carbocycles. The third kappa shape index (κ3) is 6.70. The van der Waals surface area contributed by atoms with Gasteiger partial charge in [0.1, 0.15) is 18.1 Å². The first-order valence-electron chi connectivity index (χ1n) is 11.2. The van der Waals surface area contributed by atoms with E-state index in [9.17, 15) is 4.79 Å². The second-order valence-electron chi connectivity index (χ2n) is 7.98. The fourth-order valence-electron chi connectivity index (χ4n) is 3.75. The van der Waals surface area contributed by atoms with E-state index in [4.69, 9.17) is 9.47 Å². The maximum absolute atomic E-state index is 12.6. The molecule has 1 aliphatic heterocycles. The van der Waals surface area contributed by atoms with Crippen LogP contribution in [0.3, 0.4) is 0 Å². The average Bonchev–Trinajstić information content (AvgIpc) is 3.31. The molecular formula is C26H30N4O3. The number of methoxy groups -OCH3 is 1. The minimum absolute atomic E-state index is 0.0416. The summed E-state index contributed by atoms with van der Waals surface area (Å²) in [6.45, 7) is 5.31. The molecule has 172 valence electrons. The van der Waals surface area contributed by atoms with Crippen molar-refractivity contribution in [1.82, 2.24) is 19.6 Å². The van der Waals surface area contributed by atoms with Gasteiger partial charge in [0, 0.05) is 50.6 Å². The Bertz CT molecular complexity index is 1040. The molecular weight excluding hydrogens is 416 g/mol. The first-order chi connectivity index (χ1) is 16.2. The van der Waals surface area contributed by atoms with E-state index >= 15 is 0 Å². The number of amides is 1. The fraction of sp³-hybridized carbons (Fsp3) is 0.308. The van der Waals surface area contributed by atoms with Crippen LogP contribution in [0.5, 0.6) is 11.5 Å². The highest BCUT2D eigenvalue weighted by atomic mass is 16.5. The zero-order valence-electron chi connectivity index (χ0n) is 19.0. The summed E-state index contributed by atoms with van der Waals surface area (Å²) >= 11 is 0. The van der Waals surface area contributed by atoms with Crippen LogP contribution in [0.25, 0.3) is 6.08 Å². The van der Waals surface area contributed by atoms with Crippen LogP contribution < -0.4 is 9.47 Å². The Morgan fingerprint density at radius 2 is 1.73 bits per heavy atom. The van der Waals surface area contributed by atoms with E-state index in [0.717, 1.165) is 49.8 Å². The number of carbonyl (C=O) groups is 1. The van der Waals surface area contributed by atoms with Crippen LogP contribution in [-0.2, 0) is 11.3 Å². The molecule has 1 amide bonds. The highest BCUT2D eigenvalue weighted by Gasteiger charge is 2.19. The number of piperazine rings is 1. The van der Waals surface area contributed by atoms with E-state index in [0.29, 0.717) is 13.2 Å². The average molecular weight is 447 g/mol. The molecule has 0 aliphatic carbocycles. The van der Waals surface area contributed by atoms with Gasteiger partial charge in [-0.3, -0.25) is 14.4 Å². The third-order valence-electron chi connectivity index (χ3n) is 5.68. The molecule has 2 heterocycles. The molecule has 0 atom stereocenters. The normalized spacial score (nSPS) is 14.5. The summed E-state index contributed by atoms with van der Waals surface area (Å²) in [5.41, 5.74) is 2.12. The topological polar surface area (TPSA) is 59.8 Å². The van der Waals surface area contributed by atoms with Crippen molar-refractivity contribution in [1.29, 1.82) is 0 Å². The molecule has 0 N–H and O–H groups in total. The van der Waals surface area contributed by atoms with Gasteiger partial charge in [-0.05, 0) is 35.9 Å². The predicted octanol–water partition coefficient (Wildman–Crippen LogP) is 3.18. The van der Waals surface area contributed by atoms with E-state index in [-0.39, 0.29) is 5.91 Å². The van der Waals surface area contributed by atoms with Crippen LogP contribution >= 0.6 is 0 Å². The van der Waals surface area contributed by atoms with Crippen molar-refractivity contribution < 1.29 is 14.3 Å². The van der Waals surface area contributed by atoms with Gasteiger partial charge in [0.25, 0.3) is 0 Å². The number of nitrogens with zero attached hydrogens (tertiary/aromatic N) is 4. The quantitative estimate of drug-likeness (QED) is 0.473. The van der Waals surface area contributed by atoms with Crippen molar-refractivity contribution in [2.45, 2.75) is 6.54 Å². The number of benzene rings is 2. The van der Waals surface area contributed by atoms with Crippen LogP contribution in [0.15, 0.2) is 73.1 Å². The van der Waals surface area contributed by atoms with Gasteiger partial charge < -0.3 is 14.4 Å². The minimum Gasteiger partial charge on any atom is -0.497 e. The Kier molecular flexibility index (Phi) is 7.76. The summed E-state index contributed by atoms with van der Waals surface area (Å²) in [6, 6.07) is 17.8. The predicted molar refractivity (Wildman–Crippen MR) is 128 cm³/mol. The van der Waals surface area contributed by atoms with E-state index < -0.39 is 0 Å². The lowest BCUT2D eigenvalue weighted by molar-refractivity contribution is -0.127. The van der Waals surface area contributed by atoms with Crippen LogP contribution in [0.1, 0.15) is 11.1 Å². The maximum atomic E-state index is 12.6. The lowest BCUT2D eigenvalue weighted by Gasteiger charge is -2.34. The Morgan fingerprint density at radius 1 is 1.00 bits per heavy atom. The van der Waals surface area contributed by atoms with Gasteiger partial charge in [0.15, 0.2) is 0 Å². The highest BCUT2D eigenvalue weighted by molar-refractivity contribution is 5.91. The smallest absolute Gasteiger partial charge is 0.246 e. The molecule has 1 fully saturated rings. The van der Waals surface area contributed by atoms with Gasteiger partial charge in [-0.15, -0.1) is 0 Å². The largest absolute Gasteiger partial charge is 0.497 e. The van der Waals surface area contributed by atoms with E-state index in [2.05, 4.69) is 22.1 Å². The standard InChI is InChI=1S/C26H30N4O3/c1-32-24-8-10-25(11-9-24)33-18-17-28-13-15-29(16-14-28)26(31)12-7-23-19-27-30(21-23)20-22-5-3-2-4-6-22/h2-12,19,21H,13-18,20H2,1H3. The number of carbonyl (C=O) groups excluding carboxylic acids is 1. The van der Waals surface area contributed by atoms with E-state index in [1.807, 2.05) is 64.3 Å². The van der Waals surface area contributed by atoms with Crippen molar-refractivity contribution in [3.8, 4) is 11.5 Å². The summed E-state index contributed by atoms with van der Waals surface area (Å²) < 4.78 is 12.9. The van der Waals surface area contributed by atoms with Gasteiger partial charge >= 0.3 is 0 Å². The van der Waals surface area contributed by atoms with Crippen molar-refractivity contribution in [3.05, 3.63) is 84.2 Å². The SMILES string of the molecule is COc1ccc(OCCN2CCN(C(=O)C=Cc3cnn(Cc4ccccc4)c3)CC2)cc1. The summed E-state index contributed by atoms with van der Waals surface area (Å²) in [5.74, 6) is 1.69. The Hall–Kier alpha value is -3.58. The molecule has 0 unspecified atom stereocenters. The van der Waals surface area contributed by atoms with Crippen molar-refractivity contribution in [2.24, 2.45) is 0 Å². The molecule has 7 heteroatoms. The Labute approximate surface area is 194 Å². The van der Waals surface area contributed by atoms with E-state index in [1.54, 1.807) is 19.4 Å². The fourth-order valence-corrected chi connectivity index (χ4v) is 3.75. The van der Waals surface area contributed by atoms with Gasteiger partial charge in [0.05, 0.1) is 19.9 Å². The van der Waals surface area contributed by atoms with Gasteiger partial charge in [0.2, 0.25) is 5.91 Å². The molecule has 3 aromatic rings. The first-order valence-corrected chi connectivity index (χ1v) is 11.2.